The lowest BCUT2D eigenvalue weighted by Crippen LogP contribution is -2.53. The third-order valence-electron chi connectivity index (χ3n) is 10.1. The molecule has 1 fully saturated rings. The number of rotatable bonds is 13. The molecule has 6 rings (SSSR count). The molecule has 18 heteroatoms. The highest BCUT2D eigenvalue weighted by atomic mass is 19.1. The molecule has 296 valence electrons. The van der Waals surface area contributed by atoms with Crippen LogP contribution in [0.4, 0.5) is 10.1 Å². The lowest BCUT2D eigenvalue weighted by atomic mass is 9.86. The van der Waals surface area contributed by atoms with Crippen LogP contribution in [0.1, 0.15) is 89.3 Å². The molecule has 0 bridgehead atoms. The van der Waals surface area contributed by atoms with Gasteiger partial charge in [-0.15, -0.1) is 5.06 Å². The molecule has 0 radical (unpaired) electrons. The summed E-state index contributed by atoms with van der Waals surface area (Å²) in [6.07, 6.45) is 0.234. The number of halogens is 1. The highest BCUT2D eigenvalue weighted by Crippen LogP contribution is 2.39. The summed E-state index contributed by atoms with van der Waals surface area (Å²) in [6, 6.07) is 3.58. The van der Waals surface area contributed by atoms with Gasteiger partial charge in [-0.3, -0.25) is 28.8 Å². The number of nitrogens with zero attached hydrogens (tertiary/aromatic N) is 3. The topological polar surface area (TPSA) is 232 Å². The maximum absolute atomic E-state index is 15.4. The minimum absolute atomic E-state index is 0.0170. The van der Waals surface area contributed by atoms with Crippen LogP contribution in [0.3, 0.4) is 0 Å². The molecule has 56 heavy (non-hydrogen) atoms. The normalized spacial score (nSPS) is 18.2. The number of anilines is 1. The van der Waals surface area contributed by atoms with Crippen LogP contribution in [0.15, 0.2) is 29.1 Å². The van der Waals surface area contributed by atoms with Gasteiger partial charge in [0.05, 0.1) is 34.7 Å². The van der Waals surface area contributed by atoms with Gasteiger partial charge >= 0.3 is 11.9 Å². The van der Waals surface area contributed by atoms with Crippen molar-refractivity contribution in [2.75, 3.05) is 5.32 Å². The molecule has 3 aliphatic rings. The van der Waals surface area contributed by atoms with Crippen LogP contribution in [-0.2, 0) is 61.9 Å². The zero-order chi connectivity index (χ0) is 40.6. The minimum Gasteiger partial charge on any atom is -0.458 e. The standard InChI is InChI=1S/C38H41FN6O11/c1-5-38(54)23-14-27-33-21(16-44(27)36(52)22(23)17-55-37(38)53)12-20-13-26(24(39)15-25(20)41-33)42-34(50)19(4)40-35(51)32(18(2)3)43-28(46)8-6-7-9-31(49)56-45-29(47)10-11-30(45)48/h12-15,18-19,32,54H,5-11,16-17H2,1-4H3,(H,40,51)(H,42,50)(H,43,46)/t19?,32?,38-/m0/s1. The Hall–Kier alpha value is -6.04. The lowest BCUT2D eigenvalue weighted by Gasteiger charge is -2.31. The Labute approximate surface area is 318 Å². The Morgan fingerprint density at radius 3 is 2.36 bits per heavy atom. The molecular weight excluding hydrogens is 735 g/mol. The van der Waals surface area contributed by atoms with Crippen molar-refractivity contribution in [3.05, 3.63) is 57.1 Å². The fraction of sp³-hybridized carbons (Fsp3) is 0.447. The number of carbonyl (C=O) groups excluding carboxylic acids is 7. The van der Waals surface area contributed by atoms with Crippen LogP contribution in [0.5, 0.6) is 0 Å². The number of ether oxygens (including phenoxy) is 1. The fourth-order valence-electron chi connectivity index (χ4n) is 6.85. The van der Waals surface area contributed by atoms with Crippen molar-refractivity contribution >= 4 is 58.1 Å². The first-order valence-corrected chi connectivity index (χ1v) is 18.3. The summed E-state index contributed by atoms with van der Waals surface area (Å²) >= 11 is 0. The van der Waals surface area contributed by atoms with Crippen LogP contribution in [0.25, 0.3) is 22.3 Å². The molecule has 17 nitrogen and oxygen atoms in total. The number of hydrogen-bond donors (Lipinski definition) is 4. The molecule has 3 aliphatic heterocycles. The smallest absolute Gasteiger partial charge is 0.343 e. The third-order valence-corrected chi connectivity index (χ3v) is 10.1. The van der Waals surface area contributed by atoms with E-state index in [4.69, 9.17) is 9.57 Å². The van der Waals surface area contributed by atoms with Crippen LogP contribution in [0.2, 0.25) is 0 Å². The quantitative estimate of drug-likeness (QED) is 0.0868. The number of amides is 5. The van der Waals surface area contributed by atoms with E-state index in [1.54, 1.807) is 32.9 Å². The van der Waals surface area contributed by atoms with Crippen LogP contribution < -0.4 is 21.5 Å². The number of cyclic esters (lactones) is 1. The Kier molecular flexibility index (Phi) is 11.0. The predicted molar refractivity (Wildman–Crippen MR) is 193 cm³/mol. The zero-order valence-corrected chi connectivity index (χ0v) is 31.2. The number of hydrogen-bond acceptors (Lipinski definition) is 12. The summed E-state index contributed by atoms with van der Waals surface area (Å²) in [5.41, 5.74) is -0.731. The molecule has 1 aromatic carbocycles. The van der Waals surface area contributed by atoms with E-state index in [0.717, 1.165) is 6.07 Å². The highest BCUT2D eigenvalue weighted by Gasteiger charge is 2.45. The number of unbranched alkanes of at least 4 members (excludes halogenated alkanes) is 1. The molecule has 3 atom stereocenters. The molecule has 2 aromatic heterocycles. The molecule has 1 saturated heterocycles. The Bertz CT molecular complexity index is 2240. The first kappa shape index (κ1) is 39.6. The number of aliphatic hydroxyl groups is 1. The average Bonchev–Trinajstić information content (AvgIpc) is 3.67. The Morgan fingerprint density at radius 2 is 1.68 bits per heavy atom. The van der Waals surface area contributed by atoms with Gasteiger partial charge in [0.15, 0.2) is 5.60 Å². The number of imide groups is 1. The maximum Gasteiger partial charge on any atom is 0.343 e. The highest BCUT2D eigenvalue weighted by molar-refractivity contribution is 6.02. The number of fused-ring (bicyclic) bond motifs is 5. The van der Waals surface area contributed by atoms with E-state index in [2.05, 4.69) is 20.9 Å². The van der Waals surface area contributed by atoms with E-state index < -0.39 is 70.5 Å². The van der Waals surface area contributed by atoms with Gasteiger partial charge in [0, 0.05) is 48.3 Å². The van der Waals surface area contributed by atoms with Crippen molar-refractivity contribution in [2.24, 2.45) is 5.92 Å². The maximum atomic E-state index is 15.4. The molecule has 0 aliphatic carbocycles. The van der Waals surface area contributed by atoms with Gasteiger partial charge in [-0.25, -0.2) is 19.0 Å². The Morgan fingerprint density at radius 1 is 0.982 bits per heavy atom. The SMILES string of the molecule is CC[C@@]1(O)C(=O)OCc2c1cc1n(c2=O)Cc2cc3cc(NC(=O)C(C)NC(=O)C(NC(=O)CCCCC(=O)ON4C(=O)CCC4=O)C(C)C)c(F)cc3nc2-1. The lowest BCUT2D eigenvalue weighted by molar-refractivity contribution is -0.197. The second-order valence-electron chi connectivity index (χ2n) is 14.4. The van der Waals surface area contributed by atoms with Crippen molar-refractivity contribution in [3.63, 3.8) is 0 Å². The van der Waals surface area contributed by atoms with Gasteiger partial charge in [-0.1, -0.05) is 20.8 Å². The number of benzene rings is 1. The molecular formula is C38H41FN6O11. The summed E-state index contributed by atoms with van der Waals surface area (Å²) in [4.78, 5) is 110. The van der Waals surface area contributed by atoms with Gasteiger partial charge in [-0.05, 0) is 50.3 Å². The molecule has 2 unspecified atom stereocenters. The van der Waals surface area contributed by atoms with Gasteiger partial charge in [-0.2, -0.15) is 0 Å². The summed E-state index contributed by atoms with van der Waals surface area (Å²) < 4.78 is 22.0. The van der Waals surface area contributed by atoms with E-state index in [0.29, 0.717) is 27.4 Å². The van der Waals surface area contributed by atoms with Crippen molar-refractivity contribution in [3.8, 4) is 11.4 Å². The fourth-order valence-corrected chi connectivity index (χ4v) is 6.85. The second kappa shape index (κ2) is 15.6. The number of nitrogens with one attached hydrogen (secondary N) is 3. The van der Waals surface area contributed by atoms with Gasteiger partial charge in [0.25, 0.3) is 17.4 Å². The predicted octanol–water partition coefficient (Wildman–Crippen LogP) is 1.97. The molecule has 5 amide bonds. The summed E-state index contributed by atoms with van der Waals surface area (Å²) in [5, 5.41) is 19.7. The number of hydroxylamine groups is 2. The van der Waals surface area contributed by atoms with Crippen molar-refractivity contribution in [1.82, 2.24) is 25.2 Å². The number of carbonyl (C=O) groups is 7. The monoisotopic (exact) mass is 776 g/mol. The first-order chi connectivity index (χ1) is 26.5. The number of esters is 1. The van der Waals surface area contributed by atoms with Crippen LogP contribution >= 0.6 is 0 Å². The van der Waals surface area contributed by atoms with E-state index in [1.165, 1.54) is 17.6 Å². The summed E-state index contributed by atoms with van der Waals surface area (Å²) in [6.45, 7) is 6.24. The van der Waals surface area contributed by atoms with Crippen LogP contribution in [0, 0.1) is 11.7 Å². The average molecular weight is 777 g/mol. The van der Waals surface area contributed by atoms with Crippen molar-refractivity contribution < 1.29 is 52.6 Å². The van der Waals surface area contributed by atoms with E-state index in [1.807, 2.05) is 0 Å². The van der Waals surface area contributed by atoms with E-state index in [-0.39, 0.29) is 86.3 Å². The minimum atomic E-state index is -1.99. The van der Waals surface area contributed by atoms with Crippen molar-refractivity contribution in [2.45, 2.75) is 103 Å². The summed E-state index contributed by atoms with van der Waals surface area (Å²) in [5.74, 6) is -5.89. The van der Waals surface area contributed by atoms with Gasteiger partial charge < -0.3 is 35.2 Å². The third kappa shape index (κ3) is 7.60. The molecule has 5 heterocycles. The molecule has 0 saturated carbocycles. The molecule has 3 aromatic rings. The van der Waals surface area contributed by atoms with Crippen LogP contribution in [-0.4, -0.2) is 73.3 Å². The summed E-state index contributed by atoms with van der Waals surface area (Å²) in [7, 11) is 0. The second-order valence-corrected chi connectivity index (χ2v) is 14.4. The van der Waals surface area contributed by atoms with Crippen molar-refractivity contribution in [1.29, 1.82) is 0 Å². The largest absolute Gasteiger partial charge is 0.458 e. The zero-order valence-electron chi connectivity index (χ0n) is 31.2. The number of pyridine rings is 2. The first-order valence-electron chi connectivity index (χ1n) is 18.3. The Balaban J connectivity index is 1.06. The van der Waals surface area contributed by atoms with Gasteiger partial charge in [0.1, 0.15) is 24.5 Å². The number of aromatic nitrogens is 2. The molecule has 0 spiro atoms. The van der Waals surface area contributed by atoms with E-state index >= 15 is 4.39 Å². The van der Waals surface area contributed by atoms with E-state index in [9.17, 15) is 43.5 Å². The van der Waals surface area contributed by atoms with Gasteiger partial charge in [0.2, 0.25) is 17.7 Å². The molecule has 4 N–H and O–H groups in total.